The van der Waals surface area contributed by atoms with Gasteiger partial charge in [-0.25, -0.2) is 9.97 Å². The number of hydrogen-bond acceptors (Lipinski definition) is 6. The Bertz CT molecular complexity index is 999. The van der Waals surface area contributed by atoms with Gasteiger partial charge in [0.2, 0.25) is 0 Å². The van der Waals surface area contributed by atoms with Crippen molar-refractivity contribution in [3.8, 4) is 0 Å². The Balaban J connectivity index is 1.43. The number of methoxy groups -OCH3 is 1. The second-order valence-electron chi connectivity index (χ2n) is 8.91. The topological polar surface area (TPSA) is 78.4 Å². The smallest absolute Gasteiger partial charge is 0.151 e. The number of nitrogens with two attached hydrogens (primary N) is 1. The van der Waals surface area contributed by atoms with Crippen molar-refractivity contribution >= 4 is 16.9 Å². The van der Waals surface area contributed by atoms with E-state index in [1.807, 2.05) is 18.2 Å². The van der Waals surface area contributed by atoms with Crippen molar-refractivity contribution in [2.75, 3.05) is 39.1 Å². The lowest BCUT2D eigenvalue weighted by molar-refractivity contribution is 0.0667. The van der Waals surface area contributed by atoms with E-state index >= 15 is 0 Å². The minimum absolute atomic E-state index is 0.422. The third kappa shape index (κ3) is 6.53. The number of hydrogen-bond donors (Lipinski definition) is 1. The zero-order valence-electron chi connectivity index (χ0n) is 19.8. The van der Waals surface area contributed by atoms with E-state index in [-0.39, 0.29) is 0 Å². The maximum absolute atomic E-state index is 6.40. The number of unbranched alkanes of at least 4 members (excludes halogenated alkanes) is 2. The van der Waals surface area contributed by atoms with E-state index < -0.39 is 0 Å². The molecule has 2 N–H and O–H groups in total. The number of ether oxygens (including phenoxy) is 2. The van der Waals surface area contributed by atoms with Gasteiger partial charge in [0.1, 0.15) is 18.1 Å². The van der Waals surface area contributed by atoms with Crippen LogP contribution in [0.1, 0.15) is 49.1 Å². The summed E-state index contributed by atoms with van der Waals surface area (Å²) in [5, 5.41) is 0. The van der Waals surface area contributed by atoms with Crippen LogP contribution in [0.3, 0.4) is 0 Å². The first kappa shape index (κ1) is 23.7. The second kappa shape index (κ2) is 12.1. The van der Waals surface area contributed by atoms with Gasteiger partial charge in [-0.1, -0.05) is 36.8 Å². The Morgan fingerprint density at radius 3 is 2.61 bits per heavy atom. The molecule has 0 unspecified atom stereocenters. The molecule has 7 nitrogen and oxygen atoms in total. The Hall–Kier alpha value is -2.48. The number of benzene rings is 1. The van der Waals surface area contributed by atoms with Gasteiger partial charge in [-0.2, -0.15) is 0 Å². The summed E-state index contributed by atoms with van der Waals surface area (Å²) in [5.41, 5.74) is 10.6. The predicted molar refractivity (Wildman–Crippen MR) is 132 cm³/mol. The van der Waals surface area contributed by atoms with Crippen molar-refractivity contribution in [1.82, 2.24) is 19.4 Å². The Morgan fingerprint density at radius 1 is 1.00 bits per heavy atom. The molecule has 1 aliphatic heterocycles. The highest BCUT2D eigenvalue weighted by atomic mass is 16.5. The predicted octanol–water partition coefficient (Wildman–Crippen LogP) is 4.19. The van der Waals surface area contributed by atoms with Crippen molar-refractivity contribution in [1.29, 1.82) is 0 Å². The van der Waals surface area contributed by atoms with Crippen LogP contribution in [-0.2, 0) is 35.7 Å². The third-order valence-corrected chi connectivity index (χ3v) is 6.35. The quantitative estimate of drug-likeness (QED) is 0.393. The fraction of sp³-hybridized carbons (Fsp3) is 0.538. The monoisotopic (exact) mass is 451 g/mol. The first-order valence-electron chi connectivity index (χ1n) is 12.2. The zero-order valence-corrected chi connectivity index (χ0v) is 19.8. The molecule has 33 heavy (non-hydrogen) atoms. The Kier molecular flexibility index (Phi) is 8.69. The molecule has 0 saturated carbocycles. The van der Waals surface area contributed by atoms with Gasteiger partial charge >= 0.3 is 0 Å². The molecule has 7 heteroatoms. The molecule has 1 fully saturated rings. The molecule has 178 valence electrons. The summed E-state index contributed by atoms with van der Waals surface area (Å²) in [6, 6.07) is 10.2. The van der Waals surface area contributed by atoms with E-state index in [1.54, 1.807) is 7.11 Å². The number of aryl methyl sites for hydroxylation is 1. The molecule has 0 aliphatic carbocycles. The van der Waals surface area contributed by atoms with Crippen molar-refractivity contribution < 1.29 is 9.47 Å². The van der Waals surface area contributed by atoms with Gasteiger partial charge in [0, 0.05) is 19.7 Å². The molecule has 0 bridgehead atoms. The SMILES string of the molecule is COCCc1nc(N)c2c(n1)c(CCCCCN1CCCC1)cn2COCc1ccccc1. The summed E-state index contributed by atoms with van der Waals surface area (Å²) < 4.78 is 13.3. The lowest BCUT2D eigenvalue weighted by atomic mass is 10.1. The van der Waals surface area contributed by atoms with Crippen molar-refractivity contribution in [2.45, 2.75) is 58.3 Å². The van der Waals surface area contributed by atoms with Gasteiger partial charge in [-0.05, 0) is 62.9 Å². The van der Waals surface area contributed by atoms with Crippen LogP contribution < -0.4 is 5.73 Å². The van der Waals surface area contributed by atoms with Crippen LogP contribution in [0.15, 0.2) is 36.5 Å². The molecule has 1 aromatic carbocycles. The van der Waals surface area contributed by atoms with Crippen molar-refractivity contribution in [3.63, 3.8) is 0 Å². The summed E-state index contributed by atoms with van der Waals surface area (Å²) in [6.07, 6.45) is 10.1. The van der Waals surface area contributed by atoms with Crippen LogP contribution >= 0.6 is 0 Å². The van der Waals surface area contributed by atoms with Crippen LogP contribution in [0.2, 0.25) is 0 Å². The van der Waals surface area contributed by atoms with E-state index in [2.05, 4.69) is 32.8 Å². The molecule has 0 amide bonds. The van der Waals surface area contributed by atoms with E-state index in [9.17, 15) is 0 Å². The standard InChI is InChI=1S/C26H37N5O2/c1-32-17-13-23-28-24-22(12-6-3-7-14-30-15-8-9-16-30)18-31(25(24)26(27)29-23)20-33-19-21-10-4-2-5-11-21/h2,4-5,10-11,18H,3,6-9,12-17,19-20H2,1H3,(H2,27,28,29). The summed E-state index contributed by atoms with van der Waals surface area (Å²) in [7, 11) is 1.69. The number of rotatable bonds is 13. The molecule has 3 heterocycles. The molecule has 4 rings (SSSR count). The number of fused-ring (bicyclic) bond motifs is 1. The van der Waals surface area contributed by atoms with E-state index in [0.29, 0.717) is 32.2 Å². The average Bonchev–Trinajstić information content (AvgIpc) is 3.47. The summed E-state index contributed by atoms with van der Waals surface area (Å²) in [5.74, 6) is 1.25. The molecule has 1 aliphatic rings. The summed E-state index contributed by atoms with van der Waals surface area (Å²) >= 11 is 0. The molecule has 1 saturated heterocycles. The number of aromatic nitrogens is 3. The fourth-order valence-corrected chi connectivity index (χ4v) is 4.60. The number of nitrogen functional groups attached to an aromatic ring is 1. The van der Waals surface area contributed by atoms with Gasteiger partial charge in [-0.3, -0.25) is 0 Å². The zero-order chi connectivity index (χ0) is 22.9. The Morgan fingerprint density at radius 2 is 1.82 bits per heavy atom. The Labute approximate surface area is 196 Å². The third-order valence-electron chi connectivity index (χ3n) is 6.35. The van der Waals surface area contributed by atoms with Crippen LogP contribution in [0.5, 0.6) is 0 Å². The van der Waals surface area contributed by atoms with Crippen LogP contribution in [0.25, 0.3) is 11.0 Å². The summed E-state index contributed by atoms with van der Waals surface area (Å²) in [6.45, 7) is 5.33. The van der Waals surface area contributed by atoms with Gasteiger partial charge in [0.25, 0.3) is 0 Å². The van der Waals surface area contributed by atoms with Crippen molar-refractivity contribution in [2.24, 2.45) is 0 Å². The van der Waals surface area contributed by atoms with Gasteiger partial charge < -0.3 is 24.7 Å². The molecule has 0 atom stereocenters. The molecule has 0 spiro atoms. The highest BCUT2D eigenvalue weighted by Gasteiger charge is 2.16. The maximum atomic E-state index is 6.40. The first-order chi connectivity index (χ1) is 16.2. The minimum atomic E-state index is 0.422. The fourth-order valence-electron chi connectivity index (χ4n) is 4.60. The van der Waals surface area contributed by atoms with Crippen LogP contribution in [0, 0.1) is 0 Å². The summed E-state index contributed by atoms with van der Waals surface area (Å²) in [4.78, 5) is 12.0. The second-order valence-corrected chi connectivity index (χ2v) is 8.91. The van der Waals surface area contributed by atoms with E-state index in [0.717, 1.165) is 35.3 Å². The van der Waals surface area contributed by atoms with Gasteiger partial charge in [-0.15, -0.1) is 0 Å². The van der Waals surface area contributed by atoms with Crippen LogP contribution in [0.4, 0.5) is 5.82 Å². The van der Waals surface area contributed by atoms with Crippen LogP contribution in [-0.4, -0.2) is 52.8 Å². The molecular weight excluding hydrogens is 414 g/mol. The van der Waals surface area contributed by atoms with E-state index in [4.69, 9.17) is 20.2 Å². The normalized spacial score (nSPS) is 14.5. The lowest BCUT2D eigenvalue weighted by Gasteiger charge is -2.13. The average molecular weight is 452 g/mol. The molecule has 0 radical (unpaired) electrons. The molecule has 2 aromatic heterocycles. The van der Waals surface area contributed by atoms with Gasteiger partial charge in [0.05, 0.1) is 18.7 Å². The highest BCUT2D eigenvalue weighted by molar-refractivity contribution is 5.88. The minimum Gasteiger partial charge on any atom is -0.384 e. The largest absolute Gasteiger partial charge is 0.384 e. The van der Waals surface area contributed by atoms with E-state index in [1.165, 1.54) is 50.9 Å². The van der Waals surface area contributed by atoms with Crippen molar-refractivity contribution in [3.05, 3.63) is 53.5 Å². The first-order valence-corrected chi connectivity index (χ1v) is 12.2. The molecular formula is C26H37N5O2. The molecule has 3 aromatic rings. The number of anilines is 1. The lowest BCUT2D eigenvalue weighted by Crippen LogP contribution is -2.20. The highest BCUT2D eigenvalue weighted by Crippen LogP contribution is 2.26. The number of nitrogens with zero attached hydrogens (tertiary/aromatic N) is 4. The number of likely N-dealkylation sites (tertiary alicyclic amines) is 1. The maximum Gasteiger partial charge on any atom is 0.151 e. The van der Waals surface area contributed by atoms with Gasteiger partial charge in [0.15, 0.2) is 5.82 Å².